The molecule has 0 aliphatic carbocycles. The molecule has 0 saturated carbocycles. The average Bonchev–Trinajstić information content (AvgIpc) is 2.89. The molecule has 1 amide bonds. The topological polar surface area (TPSA) is 64.2 Å². The number of carbonyl (C=O) groups is 1. The maximum Gasteiger partial charge on any atom is 0.420 e. The third-order valence-corrected chi connectivity index (χ3v) is 4.28. The van der Waals surface area contributed by atoms with Crippen LogP contribution in [0, 0.1) is 0 Å². The van der Waals surface area contributed by atoms with E-state index in [9.17, 15) is 9.59 Å². The Kier molecular flexibility index (Phi) is 5.24. The van der Waals surface area contributed by atoms with Crippen molar-refractivity contribution in [2.75, 3.05) is 0 Å². The number of rotatable bonds is 6. The number of benzene rings is 2. The van der Waals surface area contributed by atoms with E-state index in [-0.39, 0.29) is 18.5 Å². The van der Waals surface area contributed by atoms with Crippen LogP contribution in [-0.4, -0.2) is 16.5 Å². The van der Waals surface area contributed by atoms with Gasteiger partial charge in [0, 0.05) is 11.1 Å². The highest BCUT2D eigenvalue weighted by Gasteiger charge is 2.14. The van der Waals surface area contributed by atoms with Crippen molar-refractivity contribution in [2.45, 2.75) is 32.4 Å². The van der Waals surface area contributed by atoms with Gasteiger partial charge in [-0.3, -0.25) is 9.36 Å². The van der Waals surface area contributed by atoms with Crippen LogP contribution >= 0.6 is 11.6 Å². The van der Waals surface area contributed by atoms with Gasteiger partial charge in [0.15, 0.2) is 5.58 Å². The fourth-order valence-corrected chi connectivity index (χ4v) is 2.92. The second-order valence-corrected chi connectivity index (χ2v) is 6.50. The van der Waals surface area contributed by atoms with Gasteiger partial charge in [-0.25, -0.2) is 4.79 Å². The van der Waals surface area contributed by atoms with Gasteiger partial charge in [0.05, 0.1) is 5.52 Å². The van der Waals surface area contributed by atoms with Gasteiger partial charge in [0.1, 0.15) is 6.54 Å². The van der Waals surface area contributed by atoms with Gasteiger partial charge >= 0.3 is 5.76 Å². The minimum atomic E-state index is -0.565. The molecule has 3 aromatic rings. The molecular weight excluding hydrogens is 340 g/mol. The van der Waals surface area contributed by atoms with Gasteiger partial charge in [-0.1, -0.05) is 41.9 Å². The van der Waals surface area contributed by atoms with Gasteiger partial charge in [0.25, 0.3) is 0 Å². The molecule has 1 aromatic heterocycles. The summed E-state index contributed by atoms with van der Waals surface area (Å²) in [6.45, 7) is 1.86. The SMILES string of the molecule is C[C@H](CCc1ccccc1)NC(=O)Cn1c(=O)oc2ccc(Cl)cc21. The Morgan fingerprint density at radius 1 is 1.24 bits per heavy atom. The summed E-state index contributed by atoms with van der Waals surface area (Å²) in [6, 6.07) is 15.0. The molecule has 25 heavy (non-hydrogen) atoms. The van der Waals surface area contributed by atoms with Crippen molar-refractivity contribution in [2.24, 2.45) is 0 Å². The Hall–Kier alpha value is -2.53. The first-order valence-electron chi connectivity index (χ1n) is 8.15. The highest BCUT2D eigenvalue weighted by atomic mass is 35.5. The third-order valence-electron chi connectivity index (χ3n) is 4.05. The van der Waals surface area contributed by atoms with Crippen LogP contribution in [0.4, 0.5) is 0 Å². The van der Waals surface area contributed by atoms with E-state index in [1.54, 1.807) is 18.2 Å². The summed E-state index contributed by atoms with van der Waals surface area (Å²) < 4.78 is 6.43. The number of nitrogens with zero attached hydrogens (tertiary/aromatic N) is 1. The summed E-state index contributed by atoms with van der Waals surface area (Å²) in [5, 5.41) is 3.41. The third kappa shape index (κ3) is 4.31. The number of fused-ring (bicyclic) bond motifs is 1. The molecule has 0 aliphatic heterocycles. The smallest absolute Gasteiger partial charge is 0.408 e. The number of aryl methyl sites for hydroxylation is 1. The summed E-state index contributed by atoms with van der Waals surface area (Å²) in [6.07, 6.45) is 1.70. The monoisotopic (exact) mass is 358 g/mol. The molecule has 1 heterocycles. The molecule has 1 atom stereocenters. The highest BCUT2D eigenvalue weighted by molar-refractivity contribution is 6.31. The fraction of sp³-hybridized carbons (Fsp3) is 0.263. The van der Waals surface area contributed by atoms with E-state index in [4.69, 9.17) is 16.0 Å². The lowest BCUT2D eigenvalue weighted by Gasteiger charge is -2.14. The second-order valence-electron chi connectivity index (χ2n) is 6.06. The molecule has 5 nitrogen and oxygen atoms in total. The van der Waals surface area contributed by atoms with Crippen LogP contribution in [0.2, 0.25) is 5.02 Å². The van der Waals surface area contributed by atoms with Crippen LogP contribution in [0.5, 0.6) is 0 Å². The number of carbonyl (C=O) groups excluding carboxylic acids is 1. The Bertz CT molecular complexity index is 931. The number of nitrogens with one attached hydrogen (secondary N) is 1. The van der Waals surface area contributed by atoms with E-state index in [1.165, 1.54) is 10.1 Å². The normalized spacial score (nSPS) is 12.2. The first kappa shape index (κ1) is 17.3. The van der Waals surface area contributed by atoms with Gasteiger partial charge in [-0.05, 0) is 43.5 Å². The zero-order chi connectivity index (χ0) is 17.8. The summed E-state index contributed by atoms with van der Waals surface area (Å²) >= 11 is 5.96. The average molecular weight is 359 g/mol. The molecule has 0 saturated heterocycles. The summed E-state index contributed by atoms with van der Waals surface area (Å²) in [5.74, 6) is -0.797. The minimum Gasteiger partial charge on any atom is -0.408 e. The molecule has 0 unspecified atom stereocenters. The number of amides is 1. The molecule has 0 fully saturated rings. The van der Waals surface area contributed by atoms with Gasteiger partial charge in [0.2, 0.25) is 5.91 Å². The summed E-state index contributed by atoms with van der Waals surface area (Å²) in [7, 11) is 0. The van der Waals surface area contributed by atoms with Crippen LogP contribution in [0.3, 0.4) is 0 Å². The molecule has 0 radical (unpaired) electrons. The quantitative estimate of drug-likeness (QED) is 0.734. The standard InChI is InChI=1S/C19H19ClN2O3/c1-13(7-8-14-5-3-2-4-6-14)21-18(23)12-22-16-11-15(20)9-10-17(16)25-19(22)24/h2-6,9-11,13H,7-8,12H2,1H3,(H,21,23)/t13-/m1/s1. The first-order chi connectivity index (χ1) is 12.0. The minimum absolute atomic E-state index is 0.00478. The van der Waals surface area contributed by atoms with Crippen molar-refractivity contribution in [3.8, 4) is 0 Å². The molecule has 0 spiro atoms. The Morgan fingerprint density at radius 3 is 2.76 bits per heavy atom. The number of halogens is 1. The van der Waals surface area contributed by atoms with Crippen molar-refractivity contribution < 1.29 is 9.21 Å². The van der Waals surface area contributed by atoms with Crippen molar-refractivity contribution in [1.82, 2.24) is 9.88 Å². The van der Waals surface area contributed by atoms with Crippen molar-refractivity contribution in [3.05, 3.63) is 69.7 Å². The van der Waals surface area contributed by atoms with E-state index in [0.29, 0.717) is 16.1 Å². The van der Waals surface area contributed by atoms with Crippen molar-refractivity contribution >= 4 is 28.6 Å². The van der Waals surface area contributed by atoms with Gasteiger partial charge in [-0.2, -0.15) is 0 Å². The summed E-state index contributed by atoms with van der Waals surface area (Å²) in [4.78, 5) is 24.2. The molecule has 6 heteroatoms. The van der Waals surface area contributed by atoms with E-state index in [1.807, 2.05) is 25.1 Å². The molecule has 1 N–H and O–H groups in total. The maximum atomic E-state index is 12.3. The highest BCUT2D eigenvalue weighted by Crippen LogP contribution is 2.18. The number of hydrogen-bond acceptors (Lipinski definition) is 3. The lowest BCUT2D eigenvalue weighted by Crippen LogP contribution is -2.37. The number of aromatic nitrogens is 1. The largest absolute Gasteiger partial charge is 0.420 e. The fourth-order valence-electron chi connectivity index (χ4n) is 2.75. The maximum absolute atomic E-state index is 12.3. The summed E-state index contributed by atoms with van der Waals surface area (Å²) in [5.41, 5.74) is 2.17. The Labute approximate surface area is 150 Å². The Balaban J connectivity index is 1.62. The zero-order valence-corrected chi connectivity index (χ0v) is 14.6. The zero-order valence-electron chi connectivity index (χ0n) is 13.9. The second kappa shape index (κ2) is 7.57. The molecular formula is C19H19ClN2O3. The molecule has 0 bridgehead atoms. The predicted octanol–water partition coefficient (Wildman–Crippen LogP) is 3.39. The lowest BCUT2D eigenvalue weighted by molar-refractivity contribution is -0.122. The van der Waals surface area contributed by atoms with Crippen LogP contribution in [0.15, 0.2) is 57.7 Å². The van der Waals surface area contributed by atoms with E-state index in [2.05, 4.69) is 17.4 Å². The van der Waals surface area contributed by atoms with Crippen LogP contribution in [0.1, 0.15) is 18.9 Å². The van der Waals surface area contributed by atoms with Crippen LogP contribution in [0.25, 0.3) is 11.1 Å². The lowest BCUT2D eigenvalue weighted by atomic mass is 10.1. The van der Waals surface area contributed by atoms with Crippen LogP contribution in [-0.2, 0) is 17.8 Å². The van der Waals surface area contributed by atoms with Crippen molar-refractivity contribution in [1.29, 1.82) is 0 Å². The van der Waals surface area contributed by atoms with E-state index < -0.39 is 5.76 Å². The molecule has 2 aromatic carbocycles. The van der Waals surface area contributed by atoms with Crippen molar-refractivity contribution in [3.63, 3.8) is 0 Å². The van der Waals surface area contributed by atoms with E-state index >= 15 is 0 Å². The molecule has 130 valence electrons. The van der Waals surface area contributed by atoms with Crippen LogP contribution < -0.4 is 11.1 Å². The number of oxazole rings is 1. The predicted molar refractivity (Wildman–Crippen MR) is 97.9 cm³/mol. The molecule has 0 aliphatic rings. The first-order valence-corrected chi connectivity index (χ1v) is 8.53. The van der Waals surface area contributed by atoms with Gasteiger partial charge < -0.3 is 9.73 Å². The molecule has 3 rings (SSSR count). The number of hydrogen-bond donors (Lipinski definition) is 1. The Morgan fingerprint density at radius 2 is 2.00 bits per heavy atom. The van der Waals surface area contributed by atoms with Gasteiger partial charge in [-0.15, -0.1) is 0 Å². The van der Waals surface area contributed by atoms with E-state index in [0.717, 1.165) is 12.8 Å².